The number of carbonyl (C=O) groups is 1. The van der Waals surface area contributed by atoms with Crippen LogP contribution < -0.4 is 16.4 Å². The zero-order valence-electron chi connectivity index (χ0n) is 19.1. The van der Waals surface area contributed by atoms with E-state index in [1.807, 2.05) is 42.7 Å². The number of anilines is 1. The molecule has 1 atom stereocenters. The number of nitrogens with one attached hydrogen (secondary N) is 1. The number of pyridine rings is 1. The highest BCUT2D eigenvalue weighted by atomic mass is 16.1. The fourth-order valence-corrected chi connectivity index (χ4v) is 5.18. The molecule has 4 heterocycles. The number of hydrogen-bond donors (Lipinski definition) is 3. The molecule has 1 saturated heterocycles. The van der Waals surface area contributed by atoms with Crippen molar-refractivity contribution in [2.45, 2.75) is 44.2 Å². The lowest BCUT2D eigenvalue weighted by Gasteiger charge is -2.34. The summed E-state index contributed by atoms with van der Waals surface area (Å²) in [6, 6.07) is 10.2. The Labute approximate surface area is 198 Å². The van der Waals surface area contributed by atoms with E-state index in [9.17, 15) is 4.79 Å². The van der Waals surface area contributed by atoms with Crippen molar-refractivity contribution in [3.8, 4) is 11.3 Å². The fraction of sp³-hybridized carbons (Fsp3) is 0.346. The van der Waals surface area contributed by atoms with Crippen LogP contribution in [0.1, 0.15) is 53.1 Å². The molecule has 5 N–H and O–H groups in total. The van der Waals surface area contributed by atoms with Crippen LogP contribution in [0.4, 0.5) is 5.69 Å². The van der Waals surface area contributed by atoms with E-state index in [0.29, 0.717) is 23.7 Å². The van der Waals surface area contributed by atoms with Gasteiger partial charge in [0.2, 0.25) is 0 Å². The van der Waals surface area contributed by atoms with Crippen molar-refractivity contribution in [3.05, 3.63) is 65.6 Å². The number of aromatic nitrogens is 4. The van der Waals surface area contributed by atoms with Crippen LogP contribution in [-0.4, -0.2) is 44.8 Å². The summed E-state index contributed by atoms with van der Waals surface area (Å²) in [4.78, 5) is 22.9. The zero-order chi connectivity index (χ0) is 23.2. The molecule has 1 aliphatic heterocycles. The second-order valence-corrected chi connectivity index (χ2v) is 9.55. The van der Waals surface area contributed by atoms with E-state index in [1.165, 1.54) is 24.1 Å². The standard InChI is InChI=1S/C26H29N7O/c27-18-7-4-10-32(14-18)24-19(17-8-9-17)11-29-26-22(24)20(12-30-26)23-21(25(28)34)15-33(31-23)13-16-5-2-1-3-6-16/h1-3,5-6,11-12,15,17-18H,4,7-10,13-14,27H2,(H2,28,34)(H,29,30)/t18-/m1/s1. The van der Waals surface area contributed by atoms with Crippen LogP contribution in [0.3, 0.4) is 0 Å². The maximum atomic E-state index is 12.4. The van der Waals surface area contributed by atoms with E-state index >= 15 is 0 Å². The minimum absolute atomic E-state index is 0.151. The molecule has 1 aliphatic carbocycles. The summed E-state index contributed by atoms with van der Waals surface area (Å²) in [6.45, 7) is 2.33. The first-order valence-corrected chi connectivity index (χ1v) is 12.0. The fourth-order valence-electron chi connectivity index (χ4n) is 5.18. The molecule has 0 spiro atoms. The number of H-pyrrole nitrogens is 1. The van der Waals surface area contributed by atoms with Gasteiger partial charge in [0, 0.05) is 43.3 Å². The number of piperidine rings is 1. The summed E-state index contributed by atoms with van der Waals surface area (Å²) < 4.78 is 1.79. The lowest BCUT2D eigenvalue weighted by atomic mass is 9.99. The van der Waals surface area contributed by atoms with Gasteiger partial charge in [0.05, 0.1) is 23.2 Å². The number of benzene rings is 1. The van der Waals surface area contributed by atoms with E-state index < -0.39 is 5.91 Å². The molecule has 8 nitrogen and oxygen atoms in total. The van der Waals surface area contributed by atoms with Crippen LogP contribution in [0.15, 0.2) is 48.9 Å². The minimum atomic E-state index is -0.489. The summed E-state index contributed by atoms with van der Waals surface area (Å²) in [5.41, 5.74) is 18.4. The Balaban J connectivity index is 1.51. The Hall–Kier alpha value is -3.65. The Morgan fingerprint density at radius 1 is 1.18 bits per heavy atom. The van der Waals surface area contributed by atoms with E-state index in [4.69, 9.17) is 21.5 Å². The average molecular weight is 456 g/mol. The predicted molar refractivity (Wildman–Crippen MR) is 133 cm³/mol. The molecule has 0 bridgehead atoms. The summed E-state index contributed by atoms with van der Waals surface area (Å²) in [5.74, 6) is 0.0376. The number of carbonyl (C=O) groups excluding carboxylic acids is 1. The van der Waals surface area contributed by atoms with Gasteiger partial charge in [-0.1, -0.05) is 30.3 Å². The van der Waals surface area contributed by atoms with E-state index in [0.717, 1.165) is 48.1 Å². The quantitative estimate of drug-likeness (QED) is 0.412. The lowest BCUT2D eigenvalue weighted by molar-refractivity contribution is 0.100. The van der Waals surface area contributed by atoms with Gasteiger partial charge in [-0.15, -0.1) is 0 Å². The maximum Gasteiger partial charge on any atom is 0.252 e. The number of nitrogens with two attached hydrogens (primary N) is 2. The SMILES string of the molecule is NC(=O)c1cn(Cc2ccccc2)nc1-c1c[nH]c2ncc(C3CC3)c(N3CCC[C@@H](N)C3)c12. The molecule has 0 unspecified atom stereocenters. The summed E-state index contributed by atoms with van der Waals surface area (Å²) in [7, 11) is 0. The number of fused-ring (bicyclic) bond motifs is 1. The molecule has 6 rings (SSSR count). The van der Waals surface area contributed by atoms with E-state index in [-0.39, 0.29) is 6.04 Å². The third-order valence-corrected chi connectivity index (χ3v) is 6.96. The van der Waals surface area contributed by atoms with Crippen molar-refractivity contribution in [1.29, 1.82) is 0 Å². The molecule has 174 valence electrons. The summed E-state index contributed by atoms with van der Waals surface area (Å²) >= 11 is 0. The number of aromatic amines is 1. The number of hydrogen-bond acceptors (Lipinski definition) is 5. The van der Waals surface area contributed by atoms with Gasteiger partial charge in [-0.2, -0.15) is 5.10 Å². The Morgan fingerprint density at radius 2 is 2.00 bits per heavy atom. The van der Waals surface area contributed by atoms with Crippen molar-refractivity contribution < 1.29 is 4.79 Å². The zero-order valence-corrected chi connectivity index (χ0v) is 19.1. The van der Waals surface area contributed by atoms with Crippen LogP contribution in [0, 0.1) is 0 Å². The smallest absolute Gasteiger partial charge is 0.252 e. The highest BCUT2D eigenvalue weighted by molar-refractivity contribution is 6.08. The number of primary amides is 1. The molecule has 8 heteroatoms. The normalized spacial score (nSPS) is 18.5. The van der Waals surface area contributed by atoms with Gasteiger partial charge in [0.15, 0.2) is 0 Å². The minimum Gasteiger partial charge on any atom is -0.369 e. The maximum absolute atomic E-state index is 12.4. The first kappa shape index (κ1) is 20.9. The van der Waals surface area contributed by atoms with E-state index in [2.05, 4.69) is 9.88 Å². The van der Waals surface area contributed by atoms with Gasteiger partial charge in [0.1, 0.15) is 11.3 Å². The predicted octanol–water partition coefficient (Wildman–Crippen LogP) is 3.38. The molecule has 0 radical (unpaired) electrons. The molecule has 34 heavy (non-hydrogen) atoms. The molecular formula is C26H29N7O. The van der Waals surface area contributed by atoms with Gasteiger partial charge in [-0.3, -0.25) is 9.48 Å². The van der Waals surface area contributed by atoms with Crippen LogP contribution in [0.2, 0.25) is 0 Å². The van der Waals surface area contributed by atoms with Crippen molar-refractivity contribution in [1.82, 2.24) is 19.7 Å². The molecule has 3 aromatic heterocycles. The van der Waals surface area contributed by atoms with Gasteiger partial charge < -0.3 is 21.4 Å². The van der Waals surface area contributed by atoms with E-state index in [1.54, 1.807) is 10.9 Å². The molecule has 1 aromatic carbocycles. The van der Waals surface area contributed by atoms with Crippen LogP contribution >= 0.6 is 0 Å². The van der Waals surface area contributed by atoms with Gasteiger partial charge in [0.25, 0.3) is 5.91 Å². The first-order chi connectivity index (χ1) is 16.6. The molecule has 4 aromatic rings. The second-order valence-electron chi connectivity index (χ2n) is 9.55. The third-order valence-electron chi connectivity index (χ3n) is 6.96. The van der Waals surface area contributed by atoms with Crippen molar-refractivity contribution >= 4 is 22.6 Å². The molecule has 1 saturated carbocycles. The molecule has 1 amide bonds. The first-order valence-electron chi connectivity index (χ1n) is 12.0. The van der Waals surface area contributed by atoms with Crippen LogP contribution in [-0.2, 0) is 6.54 Å². The number of rotatable bonds is 6. The number of nitrogens with zero attached hydrogens (tertiary/aromatic N) is 4. The van der Waals surface area contributed by atoms with Crippen molar-refractivity contribution in [2.24, 2.45) is 11.5 Å². The molecular weight excluding hydrogens is 426 g/mol. The summed E-state index contributed by atoms with van der Waals surface area (Å²) in [6.07, 6.45) is 10.1. The average Bonchev–Trinajstić information content (AvgIpc) is 3.46. The second kappa shape index (κ2) is 8.29. The monoisotopic (exact) mass is 455 g/mol. The van der Waals surface area contributed by atoms with Gasteiger partial charge >= 0.3 is 0 Å². The molecule has 2 fully saturated rings. The van der Waals surface area contributed by atoms with Crippen LogP contribution in [0.5, 0.6) is 0 Å². The lowest BCUT2D eigenvalue weighted by Crippen LogP contribution is -2.43. The Bertz CT molecular complexity index is 1350. The highest BCUT2D eigenvalue weighted by Gasteiger charge is 2.33. The van der Waals surface area contributed by atoms with Crippen molar-refractivity contribution in [2.75, 3.05) is 18.0 Å². The van der Waals surface area contributed by atoms with Gasteiger partial charge in [-0.05, 0) is 42.7 Å². The number of amides is 1. The topological polar surface area (TPSA) is 119 Å². The Morgan fingerprint density at radius 3 is 2.74 bits per heavy atom. The Kier molecular flexibility index (Phi) is 5.10. The third kappa shape index (κ3) is 3.74. The highest BCUT2D eigenvalue weighted by Crippen LogP contribution is 2.48. The largest absolute Gasteiger partial charge is 0.369 e. The summed E-state index contributed by atoms with van der Waals surface area (Å²) in [5, 5.41) is 5.84. The van der Waals surface area contributed by atoms with Gasteiger partial charge in [-0.25, -0.2) is 4.98 Å². The van der Waals surface area contributed by atoms with Crippen molar-refractivity contribution in [3.63, 3.8) is 0 Å². The van der Waals surface area contributed by atoms with Crippen LogP contribution in [0.25, 0.3) is 22.3 Å². The molecule has 2 aliphatic rings.